The molecule has 0 saturated carbocycles. The number of hydrogen-bond donors (Lipinski definition) is 1. The van der Waals surface area contributed by atoms with E-state index in [9.17, 15) is 8.42 Å². The maximum Gasteiger partial charge on any atom is 0.279 e. The van der Waals surface area contributed by atoms with Gasteiger partial charge in [0.1, 0.15) is 0 Å². The minimum Gasteiger partial charge on any atom is -0.202 e. The Kier molecular flexibility index (Phi) is 5.89. The Labute approximate surface area is 104 Å². The van der Waals surface area contributed by atoms with Crippen molar-refractivity contribution < 1.29 is 8.42 Å². The Balaban J connectivity index is 2.32. The van der Waals surface area contributed by atoms with Crippen LogP contribution >= 0.6 is 0 Å². The first-order valence-corrected chi connectivity index (χ1v) is 7.62. The van der Waals surface area contributed by atoms with Gasteiger partial charge in [0.15, 0.2) is 0 Å². The SMILES string of the molecule is CC1CCCN(S(=O)(=O)NCCCCC#N)C1. The highest BCUT2D eigenvalue weighted by Crippen LogP contribution is 2.17. The van der Waals surface area contributed by atoms with Gasteiger partial charge in [0.25, 0.3) is 10.2 Å². The van der Waals surface area contributed by atoms with E-state index in [1.165, 1.54) is 4.31 Å². The minimum atomic E-state index is -3.30. The van der Waals surface area contributed by atoms with Gasteiger partial charge in [0, 0.05) is 26.1 Å². The zero-order valence-electron chi connectivity index (χ0n) is 10.4. The van der Waals surface area contributed by atoms with E-state index in [1.807, 2.05) is 6.07 Å². The molecule has 1 aliphatic heterocycles. The van der Waals surface area contributed by atoms with Crippen molar-refractivity contribution in [1.29, 1.82) is 5.26 Å². The van der Waals surface area contributed by atoms with Gasteiger partial charge in [-0.2, -0.15) is 18.0 Å². The summed E-state index contributed by atoms with van der Waals surface area (Å²) in [6.45, 7) is 3.74. The van der Waals surface area contributed by atoms with Crippen LogP contribution in [0.4, 0.5) is 0 Å². The molecule has 1 atom stereocenters. The van der Waals surface area contributed by atoms with Gasteiger partial charge in [-0.15, -0.1) is 0 Å². The second kappa shape index (κ2) is 6.94. The first kappa shape index (κ1) is 14.4. The number of hydrogen-bond acceptors (Lipinski definition) is 3. The molecule has 1 saturated heterocycles. The molecule has 1 rings (SSSR count). The van der Waals surface area contributed by atoms with Gasteiger partial charge >= 0.3 is 0 Å². The normalized spacial score (nSPS) is 22.2. The summed E-state index contributed by atoms with van der Waals surface area (Å²) < 4.78 is 28.0. The van der Waals surface area contributed by atoms with Crippen LogP contribution in [0.2, 0.25) is 0 Å². The summed E-state index contributed by atoms with van der Waals surface area (Å²) in [4.78, 5) is 0. The molecule has 0 bridgehead atoms. The summed E-state index contributed by atoms with van der Waals surface area (Å²) in [7, 11) is -3.30. The van der Waals surface area contributed by atoms with Crippen LogP contribution in [0, 0.1) is 17.2 Å². The fraction of sp³-hybridized carbons (Fsp3) is 0.909. The second-order valence-electron chi connectivity index (χ2n) is 4.62. The third-order valence-electron chi connectivity index (χ3n) is 2.96. The average Bonchev–Trinajstić information content (AvgIpc) is 2.29. The molecule has 0 amide bonds. The predicted octanol–water partition coefficient (Wildman–Crippen LogP) is 1.25. The Morgan fingerprint density at radius 3 is 2.88 bits per heavy atom. The molecule has 0 aromatic heterocycles. The summed E-state index contributed by atoms with van der Waals surface area (Å²) in [6.07, 6.45) is 4.00. The van der Waals surface area contributed by atoms with Crippen LogP contribution in [-0.2, 0) is 10.2 Å². The molecular weight excluding hydrogens is 238 g/mol. The highest BCUT2D eigenvalue weighted by Gasteiger charge is 2.26. The molecule has 98 valence electrons. The van der Waals surface area contributed by atoms with Crippen molar-refractivity contribution in [3.63, 3.8) is 0 Å². The van der Waals surface area contributed by atoms with E-state index >= 15 is 0 Å². The molecule has 1 aliphatic rings. The number of nitrogens with one attached hydrogen (secondary N) is 1. The average molecular weight is 259 g/mol. The van der Waals surface area contributed by atoms with Crippen LogP contribution in [0.5, 0.6) is 0 Å². The summed E-state index contributed by atoms with van der Waals surface area (Å²) >= 11 is 0. The first-order valence-electron chi connectivity index (χ1n) is 6.18. The number of unbranched alkanes of at least 4 members (excludes halogenated alkanes) is 2. The second-order valence-corrected chi connectivity index (χ2v) is 6.38. The van der Waals surface area contributed by atoms with Crippen LogP contribution < -0.4 is 4.72 Å². The molecular formula is C11H21N3O2S. The fourth-order valence-electron chi connectivity index (χ4n) is 1.99. The van der Waals surface area contributed by atoms with E-state index < -0.39 is 10.2 Å². The Hall–Kier alpha value is -0.640. The van der Waals surface area contributed by atoms with E-state index in [1.54, 1.807) is 0 Å². The smallest absolute Gasteiger partial charge is 0.202 e. The Morgan fingerprint density at radius 2 is 2.24 bits per heavy atom. The highest BCUT2D eigenvalue weighted by atomic mass is 32.2. The number of rotatable bonds is 6. The van der Waals surface area contributed by atoms with E-state index in [0.29, 0.717) is 32.0 Å². The molecule has 5 nitrogen and oxygen atoms in total. The maximum atomic E-state index is 11.9. The quantitative estimate of drug-likeness (QED) is 0.729. The Morgan fingerprint density at radius 1 is 1.47 bits per heavy atom. The lowest BCUT2D eigenvalue weighted by Crippen LogP contribution is -2.45. The zero-order chi connectivity index (χ0) is 12.7. The summed E-state index contributed by atoms with van der Waals surface area (Å²) in [5, 5.41) is 8.36. The predicted molar refractivity (Wildman–Crippen MR) is 66.4 cm³/mol. The standard InChI is InChI=1S/C11H21N3O2S/c1-11-6-5-9-14(10-11)17(15,16)13-8-4-2-3-7-12/h11,13H,2-6,8-10H2,1H3. The van der Waals surface area contributed by atoms with Crippen molar-refractivity contribution >= 4 is 10.2 Å². The minimum absolute atomic E-state index is 0.425. The summed E-state index contributed by atoms with van der Waals surface area (Å²) in [6, 6.07) is 2.05. The van der Waals surface area contributed by atoms with Gasteiger partial charge in [0.05, 0.1) is 6.07 Å². The molecule has 1 N–H and O–H groups in total. The molecule has 6 heteroatoms. The summed E-state index contributed by atoms with van der Waals surface area (Å²) in [5.74, 6) is 0.443. The van der Waals surface area contributed by atoms with E-state index in [-0.39, 0.29) is 0 Å². The number of piperidine rings is 1. The third kappa shape index (κ3) is 5.02. The van der Waals surface area contributed by atoms with Gasteiger partial charge < -0.3 is 0 Å². The van der Waals surface area contributed by atoms with Gasteiger partial charge in [0.2, 0.25) is 0 Å². The molecule has 17 heavy (non-hydrogen) atoms. The number of nitrogens with zero attached hydrogens (tertiary/aromatic N) is 2. The first-order chi connectivity index (χ1) is 8.06. The lowest BCUT2D eigenvalue weighted by molar-refractivity contribution is 0.278. The van der Waals surface area contributed by atoms with Crippen LogP contribution in [-0.4, -0.2) is 32.4 Å². The van der Waals surface area contributed by atoms with Crippen molar-refractivity contribution in [1.82, 2.24) is 9.03 Å². The van der Waals surface area contributed by atoms with Crippen molar-refractivity contribution in [2.45, 2.75) is 39.0 Å². The van der Waals surface area contributed by atoms with Gasteiger partial charge in [-0.1, -0.05) is 6.92 Å². The summed E-state index contributed by atoms with van der Waals surface area (Å²) in [5.41, 5.74) is 0. The van der Waals surface area contributed by atoms with Gasteiger partial charge in [-0.3, -0.25) is 0 Å². The molecule has 1 fully saturated rings. The van der Waals surface area contributed by atoms with Crippen molar-refractivity contribution in [2.75, 3.05) is 19.6 Å². The molecule has 0 aliphatic carbocycles. The van der Waals surface area contributed by atoms with E-state index in [0.717, 1.165) is 25.7 Å². The lowest BCUT2D eigenvalue weighted by Gasteiger charge is -2.29. The van der Waals surface area contributed by atoms with Gasteiger partial charge in [-0.05, 0) is 31.6 Å². The van der Waals surface area contributed by atoms with E-state index in [4.69, 9.17) is 5.26 Å². The molecule has 0 aromatic carbocycles. The molecule has 0 radical (unpaired) electrons. The third-order valence-corrected chi connectivity index (χ3v) is 4.54. The monoisotopic (exact) mass is 259 g/mol. The van der Waals surface area contributed by atoms with Crippen molar-refractivity contribution in [3.8, 4) is 6.07 Å². The van der Waals surface area contributed by atoms with Crippen molar-refractivity contribution in [2.24, 2.45) is 5.92 Å². The zero-order valence-corrected chi connectivity index (χ0v) is 11.2. The van der Waals surface area contributed by atoms with Crippen molar-refractivity contribution in [3.05, 3.63) is 0 Å². The largest absolute Gasteiger partial charge is 0.279 e. The maximum absolute atomic E-state index is 11.9. The highest BCUT2D eigenvalue weighted by molar-refractivity contribution is 7.87. The fourth-order valence-corrected chi connectivity index (χ4v) is 3.39. The van der Waals surface area contributed by atoms with Crippen LogP contribution in [0.15, 0.2) is 0 Å². The van der Waals surface area contributed by atoms with Crippen LogP contribution in [0.1, 0.15) is 39.0 Å². The molecule has 1 heterocycles. The van der Waals surface area contributed by atoms with Crippen LogP contribution in [0.3, 0.4) is 0 Å². The molecule has 0 aromatic rings. The van der Waals surface area contributed by atoms with E-state index in [2.05, 4.69) is 11.6 Å². The molecule has 1 unspecified atom stereocenters. The topological polar surface area (TPSA) is 73.2 Å². The lowest BCUT2D eigenvalue weighted by atomic mass is 10.0. The number of nitriles is 1. The van der Waals surface area contributed by atoms with Crippen LogP contribution in [0.25, 0.3) is 0 Å². The van der Waals surface area contributed by atoms with Gasteiger partial charge in [-0.25, -0.2) is 4.72 Å². The Bertz CT molecular complexity index is 361. The molecule has 0 spiro atoms.